The topological polar surface area (TPSA) is 65.8 Å². The summed E-state index contributed by atoms with van der Waals surface area (Å²) in [5.41, 5.74) is 4.47. The number of aromatic nitrogens is 1. The number of anilines is 1. The van der Waals surface area contributed by atoms with Crippen molar-refractivity contribution >= 4 is 17.5 Å². The van der Waals surface area contributed by atoms with E-state index in [1.54, 1.807) is 6.20 Å². The van der Waals surface area contributed by atoms with Gasteiger partial charge in [0.2, 0.25) is 0 Å². The molecule has 4 rings (SSSR count). The van der Waals surface area contributed by atoms with Gasteiger partial charge < -0.3 is 10.0 Å². The zero-order valence-electron chi connectivity index (χ0n) is 13.4. The SMILES string of the molecule is O=C(O)C1CCCN(c2cc(C3=NCc4ccccc43)ccn2)C1. The van der Waals surface area contributed by atoms with Crippen LogP contribution in [-0.4, -0.2) is 34.9 Å². The molecule has 0 bridgehead atoms. The summed E-state index contributed by atoms with van der Waals surface area (Å²) in [6.45, 7) is 2.09. The predicted molar refractivity (Wildman–Crippen MR) is 92.6 cm³/mol. The molecule has 1 aromatic carbocycles. The zero-order valence-corrected chi connectivity index (χ0v) is 13.4. The van der Waals surface area contributed by atoms with Crippen molar-refractivity contribution in [3.05, 3.63) is 59.3 Å². The Morgan fingerprint density at radius 2 is 2.12 bits per heavy atom. The van der Waals surface area contributed by atoms with E-state index in [0.29, 0.717) is 13.1 Å². The highest BCUT2D eigenvalue weighted by molar-refractivity contribution is 6.15. The van der Waals surface area contributed by atoms with Crippen LogP contribution in [-0.2, 0) is 11.3 Å². The minimum absolute atomic E-state index is 0.311. The van der Waals surface area contributed by atoms with E-state index in [2.05, 4.69) is 27.0 Å². The first-order valence-corrected chi connectivity index (χ1v) is 8.29. The predicted octanol–water partition coefficient (Wildman–Crippen LogP) is 2.73. The maximum atomic E-state index is 11.3. The van der Waals surface area contributed by atoms with Crippen LogP contribution in [0, 0.1) is 5.92 Å². The Bertz CT molecular complexity index is 816. The molecule has 5 nitrogen and oxygen atoms in total. The number of aliphatic imine (C=N–C) groups is 1. The lowest BCUT2D eigenvalue weighted by atomic mass is 9.97. The molecule has 2 aliphatic heterocycles. The number of benzene rings is 1. The summed E-state index contributed by atoms with van der Waals surface area (Å²) in [6.07, 6.45) is 3.41. The second-order valence-electron chi connectivity index (χ2n) is 6.35. The van der Waals surface area contributed by atoms with Crippen molar-refractivity contribution in [2.24, 2.45) is 10.9 Å². The molecule has 1 N–H and O–H groups in total. The number of fused-ring (bicyclic) bond motifs is 1. The summed E-state index contributed by atoms with van der Waals surface area (Å²) in [6, 6.07) is 12.3. The minimum atomic E-state index is -0.718. The van der Waals surface area contributed by atoms with Crippen molar-refractivity contribution in [2.75, 3.05) is 18.0 Å². The van der Waals surface area contributed by atoms with Crippen molar-refractivity contribution < 1.29 is 9.90 Å². The highest BCUT2D eigenvalue weighted by atomic mass is 16.4. The van der Waals surface area contributed by atoms with Crippen LogP contribution in [0.4, 0.5) is 5.82 Å². The molecule has 122 valence electrons. The van der Waals surface area contributed by atoms with E-state index in [-0.39, 0.29) is 5.92 Å². The van der Waals surface area contributed by atoms with Crippen molar-refractivity contribution in [1.29, 1.82) is 0 Å². The van der Waals surface area contributed by atoms with Gasteiger partial charge in [-0.2, -0.15) is 0 Å². The highest BCUT2D eigenvalue weighted by Crippen LogP contribution is 2.26. The molecular formula is C19H19N3O2. The number of carbonyl (C=O) groups is 1. The van der Waals surface area contributed by atoms with E-state index in [1.807, 2.05) is 24.3 Å². The van der Waals surface area contributed by atoms with Crippen LogP contribution in [0.5, 0.6) is 0 Å². The van der Waals surface area contributed by atoms with E-state index < -0.39 is 5.97 Å². The fraction of sp³-hybridized carbons (Fsp3) is 0.316. The number of rotatable bonds is 3. The molecule has 1 atom stereocenters. The van der Waals surface area contributed by atoms with E-state index in [1.165, 1.54) is 11.1 Å². The fourth-order valence-electron chi connectivity index (χ4n) is 3.51. The Morgan fingerprint density at radius 1 is 1.25 bits per heavy atom. The lowest BCUT2D eigenvalue weighted by Gasteiger charge is -2.31. The van der Waals surface area contributed by atoms with Gasteiger partial charge in [-0.1, -0.05) is 24.3 Å². The van der Waals surface area contributed by atoms with Gasteiger partial charge in [0.05, 0.1) is 18.2 Å². The summed E-state index contributed by atoms with van der Waals surface area (Å²) >= 11 is 0. The molecule has 0 radical (unpaired) electrons. The summed E-state index contributed by atoms with van der Waals surface area (Å²) in [7, 11) is 0. The van der Waals surface area contributed by atoms with Crippen LogP contribution in [0.15, 0.2) is 47.6 Å². The number of hydrogen-bond acceptors (Lipinski definition) is 4. The molecule has 1 fully saturated rings. The van der Waals surface area contributed by atoms with Gasteiger partial charge in [0.25, 0.3) is 0 Å². The summed E-state index contributed by atoms with van der Waals surface area (Å²) in [5, 5.41) is 9.27. The first kappa shape index (κ1) is 14.9. The largest absolute Gasteiger partial charge is 0.481 e. The van der Waals surface area contributed by atoms with Crippen LogP contribution in [0.3, 0.4) is 0 Å². The second kappa shape index (κ2) is 6.07. The molecule has 0 amide bonds. The summed E-state index contributed by atoms with van der Waals surface area (Å²) < 4.78 is 0. The number of pyridine rings is 1. The molecule has 5 heteroatoms. The Labute approximate surface area is 140 Å². The molecule has 1 saturated heterocycles. The van der Waals surface area contributed by atoms with Gasteiger partial charge in [-0.25, -0.2) is 4.98 Å². The first-order valence-electron chi connectivity index (χ1n) is 8.29. The van der Waals surface area contributed by atoms with Gasteiger partial charge in [0, 0.05) is 30.4 Å². The van der Waals surface area contributed by atoms with Crippen LogP contribution >= 0.6 is 0 Å². The van der Waals surface area contributed by atoms with Crippen molar-refractivity contribution in [3.63, 3.8) is 0 Å². The lowest BCUT2D eigenvalue weighted by Crippen LogP contribution is -2.39. The average Bonchev–Trinajstić information content (AvgIpc) is 3.06. The Balaban J connectivity index is 1.62. The normalized spacial score (nSPS) is 19.8. The zero-order chi connectivity index (χ0) is 16.5. The maximum absolute atomic E-state index is 11.3. The molecule has 3 heterocycles. The summed E-state index contributed by atoms with van der Waals surface area (Å²) in [4.78, 5) is 22.5. The second-order valence-corrected chi connectivity index (χ2v) is 6.35. The van der Waals surface area contributed by atoms with Gasteiger partial charge in [-0.3, -0.25) is 9.79 Å². The molecule has 1 unspecified atom stereocenters. The number of carboxylic acids is 1. The standard InChI is InChI=1S/C19H19N3O2/c23-19(24)15-5-3-9-22(12-15)17-10-13(7-8-20-17)18-16-6-2-1-4-14(16)11-21-18/h1-2,4,6-8,10,15H,3,5,9,11-12H2,(H,23,24). The monoisotopic (exact) mass is 321 g/mol. The minimum Gasteiger partial charge on any atom is -0.481 e. The first-order chi connectivity index (χ1) is 11.7. The molecule has 0 saturated carbocycles. The van der Waals surface area contributed by atoms with Gasteiger partial charge in [0.1, 0.15) is 5.82 Å². The smallest absolute Gasteiger partial charge is 0.308 e. The molecule has 0 spiro atoms. The molecule has 2 aromatic rings. The Morgan fingerprint density at radius 3 is 3.00 bits per heavy atom. The van der Waals surface area contributed by atoms with Crippen molar-refractivity contribution in [2.45, 2.75) is 19.4 Å². The fourth-order valence-corrected chi connectivity index (χ4v) is 3.51. The maximum Gasteiger partial charge on any atom is 0.308 e. The van der Waals surface area contributed by atoms with E-state index in [9.17, 15) is 9.90 Å². The van der Waals surface area contributed by atoms with Crippen molar-refractivity contribution in [3.8, 4) is 0 Å². The van der Waals surface area contributed by atoms with Gasteiger partial charge >= 0.3 is 5.97 Å². The van der Waals surface area contributed by atoms with E-state index in [4.69, 9.17) is 0 Å². The average molecular weight is 321 g/mol. The number of carboxylic acid groups (broad SMARTS) is 1. The highest BCUT2D eigenvalue weighted by Gasteiger charge is 2.26. The van der Waals surface area contributed by atoms with E-state index >= 15 is 0 Å². The molecular weight excluding hydrogens is 302 g/mol. The number of piperidine rings is 1. The van der Waals surface area contributed by atoms with Gasteiger partial charge in [-0.05, 0) is 30.5 Å². The van der Waals surface area contributed by atoms with Crippen LogP contribution in [0.1, 0.15) is 29.5 Å². The third-order valence-electron chi connectivity index (χ3n) is 4.79. The lowest BCUT2D eigenvalue weighted by molar-refractivity contribution is -0.141. The van der Waals surface area contributed by atoms with E-state index in [0.717, 1.165) is 36.5 Å². The third kappa shape index (κ3) is 2.66. The Kier molecular flexibility index (Phi) is 3.76. The summed E-state index contributed by atoms with van der Waals surface area (Å²) in [5.74, 6) is -0.191. The van der Waals surface area contributed by atoms with Crippen LogP contribution in [0.25, 0.3) is 0 Å². The number of nitrogens with zero attached hydrogens (tertiary/aromatic N) is 3. The third-order valence-corrected chi connectivity index (χ3v) is 4.79. The van der Waals surface area contributed by atoms with Crippen molar-refractivity contribution in [1.82, 2.24) is 4.98 Å². The van der Waals surface area contributed by atoms with Crippen LogP contribution in [0.2, 0.25) is 0 Å². The number of aliphatic carboxylic acids is 1. The van der Waals surface area contributed by atoms with Gasteiger partial charge in [-0.15, -0.1) is 0 Å². The molecule has 24 heavy (non-hydrogen) atoms. The van der Waals surface area contributed by atoms with Crippen LogP contribution < -0.4 is 4.90 Å². The van der Waals surface area contributed by atoms with Gasteiger partial charge in [0.15, 0.2) is 0 Å². The molecule has 2 aliphatic rings. The number of hydrogen-bond donors (Lipinski definition) is 1. The molecule has 0 aliphatic carbocycles. The Hall–Kier alpha value is -2.69. The quantitative estimate of drug-likeness (QED) is 0.944. The molecule has 1 aromatic heterocycles.